The molecule has 0 aliphatic heterocycles. The van der Waals surface area contributed by atoms with Crippen LogP contribution >= 0.6 is 0 Å². The molecule has 15 heavy (non-hydrogen) atoms. The maximum atomic E-state index is 11.0. The molecule has 0 unspecified atom stereocenters. The summed E-state index contributed by atoms with van der Waals surface area (Å²) in [4.78, 5) is 21.9. The van der Waals surface area contributed by atoms with Gasteiger partial charge in [0.15, 0.2) is 0 Å². The van der Waals surface area contributed by atoms with Crippen LogP contribution in [0.15, 0.2) is 0 Å². The van der Waals surface area contributed by atoms with E-state index in [4.69, 9.17) is 9.47 Å². The molecule has 0 spiro atoms. The van der Waals surface area contributed by atoms with Gasteiger partial charge in [0.25, 0.3) is 0 Å². The van der Waals surface area contributed by atoms with Gasteiger partial charge < -0.3 is 0 Å². The van der Waals surface area contributed by atoms with Gasteiger partial charge in [0.2, 0.25) is 0 Å². The molecule has 0 rings (SSSR count). The predicted molar refractivity (Wildman–Crippen MR) is 57.9 cm³/mol. The Kier molecular flexibility index (Phi) is 10.1. The van der Waals surface area contributed by atoms with Crippen molar-refractivity contribution >= 4 is 33.1 Å². The molecular weight excluding hydrogens is 303 g/mol. The summed E-state index contributed by atoms with van der Waals surface area (Å²) in [5.41, 5.74) is 0. The van der Waals surface area contributed by atoms with Crippen molar-refractivity contribution in [3.63, 3.8) is 0 Å². The molecule has 0 amide bonds. The Balaban J connectivity index is 3.24. The van der Waals surface area contributed by atoms with Crippen LogP contribution in [-0.2, 0) is 19.1 Å². The Labute approximate surface area is 101 Å². The third kappa shape index (κ3) is 10.0. The van der Waals surface area contributed by atoms with Gasteiger partial charge in [-0.05, 0) is 0 Å². The zero-order chi connectivity index (χ0) is 11.5. The molecule has 0 N–H and O–H groups in total. The third-order valence-corrected chi connectivity index (χ3v) is 5.07. The molecule has 0 aromatic carbocycles. The fourth-order valence-corrected chi connectivity index (χ4v) is 3.86. The van der Waals surface area contributed by atoms with E-state index in [0.29, 0.717) is 26.1 Å². The minimum atomic E-state index is -0.572. The average Bonchev–Trinajstić information content (AvgIpc) is 2.18. The zero-order valence-electron chi connectivity index (χ0n) is 9.38. The first-order valence-electron chi connectivity index (χ1n) is 5.22. The van der Waals surface area contributed by atoms with Crippen LogP contribution in [0, 0.1) is 0 Å². The van der Waals surface area contributed by atoms with E-state index in [1.165, 1.54) is 0 Å². The van der Waals surface area contributed by atoms with Crippen LogP contribution in [0.2, 0.25) is 8.87 Å². The molecule has 0 aliphatic carbocycles. The summed E-state index contributed by atoms with van der Waals surface area (Å²) in [6.45, 7) is 4.51. The van der Waals surface area contributed by atoms with Crippen molar-refractivity contribution < 1.29 is 19.1 Å². The van der Waals surface area contributed by atoms with E-state index in [9.17, 15) is 9.59 Å². The van der Waals surface area contributed by atoms with Crippen LogP contribution in [0.1, 0.15) is 26.7 Å². The van der Waals surface area contributed by atoms with Gasteiger partial charge >= 0.3 is 101 Å². The molecule has 84 valence electrons. The molecule has 5 heteroatoms. The first-order valence-corrected chi connectivity index (χ1v) is 9.26. The normalized spacial score (nSPS) is 9.20. The van der Waals surface area contributed by atoms with E-state index >= 15 is 0 Å². The van der Waals surface area contributed by atoms with Crippen LogP contribution in [0.25, 0.3) is 0 Å². The van der Waals surface area contributed by atoms with Gasteiger partial charge in [-0.25, -0.2) is 0 Å². The van der Waals surface area contributed by atoms with Crippen LogP contribution < -0.4 is 0 Å². The minimum absolute atomic E-state index is 0.116. The van der Waals surface area contributed by atoms with Gasteiger partial charge in [-0.15, -0.1) is 0 Å². The summed E-state index contributed by atoms with van der Waals surface area (Å²) in [6.07, 6.45) is 1.03. The summed E-state index contributed by atoms with van der Waals surface area (Å²) >= 11 is -0.572. The van der Waals surface area contributed by atoms with Crippen molar-refractivity contribution in [2.24, 2.45) is 0 Å². The van der Waals surface area contributed by atoms with Gasteiger partial charge in [0.05, 0.1) is 0 Å². The van der Waals surface area contributed by atoms with Crippen LogP contribution in [-0.4, -0.2) is 46.3 Å². The molecule has 0 radical (unpaired) electrons. The Hall–Kier alpha value is -0.261. The van der Waals surface area contributed by atoms with E-state index in [1.54, 1.807) is 13.8 Å². The molecule has 4 nitrogen and oxygen atoms in total. The molecular formula is C10H18O4Sn+2. The molecule has 0 saturated heterocycles. The standard InChI is InChI=1S/2C5H9O2.Sn/c2*1-3-5(6)7-4-2;/h2*1,3-4H2,2H3;/q;;+2. The third-order valence-electron chi connectivity index (χ3n) is 1.62. The van der Waals surface area contributed by atoms with Crippen molar-refractivity contribution in [3.05, 3.63) is 0 Å². The Bertz CT molecular complexity index is 174. The zero-order valence-corrected chi connectivity index (χ0v) is 12.2. The Morgan fingerprint density at radius 3 is 1.67 bits per heavy atom. The summed E-state index contributed by atoms with van der Waals surface area (Å²) in [7, 11) is 0. The van der Waals surface area contributed by atoms with Crippen LogP contribution in [0.5, 0.6) is 0 Å². The average molecular weight is 321 g/mol. The molecule has 0 saturated carbocycles. The van der Waals surface area contributed by atoms with Crippen LogP contribution in [0.3, 0.4) is 0 Å². The van der Waals surface area contributed by atoms with Crippen molar-refractivity contribution in [1.29, 1.82) is 0 Å². The molecule has 0 bridgehead atoms. The van der Waals surface area contributed by atoms with E-state index in [1.807, 2.05) is 0 Å². The summed E-state index contributed by atoms with van der Waals surface area (Å²) < 4.78 is 11.5. The Morgan fingerprint density at radius 2 is 1.33 bits per heavy atom. The maximum absolute atomic E-state index is 11.0. The first kappa shape index (κ1) is 14.7. The molecule has 0 atom stereocenters. The Morgan fingerprint density at radius 1 is 0.933 bits per heavy atom. The molecule has 0 fully saturated rings. The van der Waals surface area contributed by atoms with Gasteiger partial charge in [0.1, 0.15) is 0 Å². The number of hydrogen-bond donors (Lipinski definition) is 0. The van der Waals surface area contributed by atoms with Gasteiger partial charge in [0, 0.05) is 0 Å². The van der Waals surface area contributed by atoms with Crippen molar-refractivity contribution in [2.75, 3.05) is 13.2 Å². The van der Waals surface area contributed by atoms with Gasteiger partial charge in [-0.1, -0.05) is 0 Å². The summed E-state index contributed by atoms with van der Waals surface area (Å²) in [5.74, 6) is -0.232. The number of hydrogen-bond acceptors (Lipinski definition) is 4. The number of rotatable bonds is 8. The van der Waals surface area contributed by atoms with E-state index in [2.05, 4.69) is 0 Å². The predicted octanol–water partition coefficient (Wildman–Crippen LogP) is 1.43. The monoisotopic (exact) mass is 322 g/mol. The fraction of sp³-hybridized carbons (Fsp3) is 0.800. The van der Waals surface area contributed by atoms with E-state index in [-0.39, 0.29) is 11.9 Å². The molecule has 0 aliphatic rings. The second-order valence-electron chi connectivity index (χ2n) is 2.86. The van der Waals surface area contributed by atoms with Gasteiger partial charge in [-0.2, -0.15) is 0 Å². The number of carbonyl (C=O) groups excluding carboxylic acids is 2. The van der Waals surface area contributed by atoms with Crippen molar-refractivity contribution in [3.8, 4) is 0 Å². The fourth-order valence-electron chi connectivity index (χ4n) is 0.972. The quantitative estimate of drug-likeness (QED) is 0.386. The molecule has 0 heterocycles. The van der Waals surface area contributed by atoms with Crippen molar-refractivity contribution in [2.45, 2.75) is 35.6 Å². The van der Waals surface area contributed by atoms with Crippen LogP contribution in [0.4, 0.5) is 0 Å². The number of carbonyl (C=O) groups is 2. The first-order chi connectivity index (χ1) is 7.20. The summed E-state index contributed by atoms with van der Waals surface area (Å²) in [6, 6.07) is 0. The second-order valence-corrected chi connectivity index (χ2v) is 7.14. The van der Waals surface area contributed by atoms with Crippen molar-refractivity contribution in [1.82, 2.24) is 0 Å². The SMILES string of the molecule is CCOC(=O)C[CH2][Sn+2][CH2]CC(=O)OCC. The molecule has 0 aromatic heterocycles. The van der Waals surface area contributed by atoms with E-state index in [0.717, 1.165) is 8.87 Å². The van der Waals surface area contributed by atoms with Gasteiger partial charge in [-0.3, -0.25) is 0 Å². The summed E-state index contributed by atoms with van der Waals surface area (Å²) in [5, 5.41) is 0. The topological polar surface area (TPSA) is 52.6 Å². The number of esters is 2. The number of ether oxygens (including phenoxy) is 2. The van der Waals surface area contributed by atoms with E-state index < -0.39 is 21.1 Å². The second kappa shape index (κ2) is 10.3. The molecule has 0 aromatic rings.